The molecule has 0 spiro atoms. The van der Waals surface area contributed by atoms with Gasteiger partial charge in [0.1, 0.15) is 18.1 Å². The van der Waals surface area contributed by atoms with Crippen LogP contribution in [0.4, 0.5) is 16.3 Å². The van der Waals surface area contributed by atoms with Crippen LogP contribution in [0, 0.1) is 6.92 Å². The number of nitrogens with one attached hydrogen (secondary N) is 2. The number of methoxy groups -OCH3 is 1. The summed E-state index contributed by atoms with van der Waals surface area (Å²) in [7, 11) is 1.61. The first-order valence-electron chi connectivity index (χ1n) is 12.8. The molecule has 39 heavy (non-hydrogen) atoms. The Morgan fingerprint density at radius 3 is 2.31 bits per heavy atom. The largest absolute Gasteiger partial charge is 0.497 e. The van der Waals surface area contributed by atoms with Crippen LogP contribution in [0.3, 0.4) is 0 Å². The van der Waals surface area contributed by atoms with Gasteiger partial charge in [-0.1, -0.05) is 55.3 Å². The molecule has 8 nitrogen and oxygen atoms in total. The second kappa shape index (κ2) is 13.0. The quantitative estimate of drug-likeness (QED) is 0.230. The van der Waals surface area contributed by atoms with Crippen LogP contribution < -0.4 is 15.4 Å². The maximum absolute atomic E-state index is 13.5. The van der Waals surface area contributed by atoms with E-state index < -0.39 is 0 Å². The highest BCUT2D eigenvalue weighted by molar-refractivity contribution is 6.30. The number of aryl methyl sites for hydroxylation is 1. The van der Waals surface area contributed by atoms with E-state index in [2.05, 4.69) is 10.6 Å². The third kappa shape index (κ3) is 6.97. The summed E-state index contributed by atoms with van der Waals surface area (Å²) in [5, 5.41) is 11.2. The summed E-state index contributed by atoms with van der Waals surface area (Å²) in [6.45, 7) is 4.26. The fourth-order valence-electron chi connectivity index (χ4n) is 4.19. The van der Waals surface area contributed by atoms with Gasteiger partial charge in [0.05, 0.1) is 18.5 Å². The van der Waals surface area contributed by atoms with E-state index in [0.717, 1.165) is 41.1 Å². The molecule has 1 aromatic heterocycles. The number of hydrogen-bond acceptors (Lipinski definition) is 4. The standard InChI is InChI=1S/C30H32ClN5O3/c1-4-5-19-35(30(38)32-24-13-11-23(31)12-14-24)20-27(37)33-29-28(22-9-7-6-8-10-22)21(2)34-36(29)25-15-17-26(39-3)18-16-25/h6-18H,4-5,19-20H2,1-3H3,(H,32,38)(H,33,37). The molecule has 1 heterocycles. The minimum absolute atomic E-state index is 0.125. The van der Waals surface area contributed by atoms with Crippen LogP contribution in [-0.2, 0) is 4.79 Å². The van der Waals surface area contributed by atoms with Crippen molar-refractivity contribution >= 4 is 35.0 Å². The molecule has 3 aromatic carbocycles. The van der Waals surface area contributed by atoms with Crippen molar-refractivity contribution in [3.63, 3.8) is 0 Å². The lowest BCUT2D eigenvalue weighted by atomic mass is 10.1. The van der Waals surface area contributed by atoms with Crippen LogP contribution in [0.5, 0.6) is 5.75 Å². The van der Waals surface area contributed by atoms with Gasteiger partial charge in [-0.2, -0.15) is 5.10 Å². The molecule has 4 rings (SSSR count). The first kappa shape index (κ1) is 27.7. The zero-order valence-corrected chi connectivity index (χ0v) is 23.0. The number of anilines is 2. The Labute approximate surface area is 233 Å². The number of ether oxygens (including phenoxy) is 1. The van der Waals surface area contributed by atoms with Crippen molar-refractivity contribution in [2.75, 3.05) is 30.8 Å². The normalized spacial score (nSPS) is 10.7. The molecule has 0 saturated heterocycles. The van der Waals surface area contributed by atoms with Gasteiger partial charge in [0, 0.05) is 22.8 Å². The molecular formula is C30H32ClN5O3. The van der Waals surface area contributed by atoms with Crippen LogP contribution in [0.1, 0.15) is 25.5 Å². The molecule has 0 fully saturated rings. The summed E-state index contributed by atoms with van der Waals surface area (Å²) in [6.07, 6.45) is 1.65. The van der Waals surface area contributed by atoms with Gasteiger partial charge < -0.3 is 20.3 Å². The fraction of sp³-hybridized carbons (Fsp3) is 0.233. The molecule has 0 aliphatic carbocycles. The van der Waals surface area contributed by atoms with Crippen molar-refractivity contribution in [3.8, 4) is 22.6 Å². The van der Waals surface area contributed by atoms with Crippen molar-refractivity contribution in [3.05, 3.63) is 89.6 Å². The topological polar surface area (TPSA) is 88.5 Å². The smallest absolute Gasteiger partial charge is 0.322 e. The molecule has 9 heteroatoms. The Morgan fingerprint density at radius 2 is 1.67 bits per heavy atom. The average Bonchev–Trinajstić information content (AvgIpc) is 3.27. The molecule has 202 valence electrons. The zero-order chi connectivity index (χ0) is 27.8. The summed E-state index contributed by atoms with van der Waals surface area (Å²) >= 11 is 5.97. The number of hydrogen-bond donors (Lipinski definition) is 2. The van der Waals surface area contributed by atoms with E-state index in [1.807, 2.05) is 68.4 Å². The first-order chi connectivity index (χ1) is 18.9. The number of aromatic nitrogens is 2. The first-order valence-corrected chi connectivity index (χ1v) is 13.2. The second-order valence-electron chi connectivity index (χ2n) is 9.05. The molecule has 0 aliphatic heterocycles. The van der Waals surface area contributed by atoms with Crippen LogP contribution in [0.2, 0.25) is 5.02 Å². The average molecular weight is 546 g/mol. The summed E-state index contributed by atoms with van der Waals surface area (Å²) in [5.74, 6) is 0.918. The van der Waals surface area contributed by atoms with Crippen LogP contribution in [0.15, 0.2) is 78.9 Å². The van der Waals surface area contributed by atoms with E-state index in [9.17, 15) is 9.59 Å². The van der Waals surface area contributed by atoms with Gasteiger partial charge >= 0.3 is 6.03 Å². The maximum atomic E-state index is 13.5. The van der Waals surface area contributed by atoms with Crippen LogP contribution in [0.25, 0.3) is 16.8 Å². The predicted molar refractivity (Wildman–Crippen MR) is 156 cm³/mol. The van der Waals surface area contributed by atoms with Crippen molar-refractivity contribution < 1.29 is 14.3 Å². The Kier molecular flexibility index (Phi) is 9.22. The number of halogens is 1. The summed E-state index contributed by atoms with van der Waals surface area (Å²) in [4.78, 5) is 28.1. The zero-order valence-electron chi connectivity index (χ0n) is 22.3. The van der Waals surface area contributed by atoms with Gasteiger partial charge in [0.25, 0.3) is 0 Å². The van der Waals surface area contributed by atoms with Gasteiger partial charge in [-0.25, -0.2) is 9.48 Å². The lowest BCUT2D eigenvalue weighted by Gasteiger charge is -2.23. The van der Waals surface area contributed by atoms with Crippen LogP contribution >= 0.6 is 11.6 Å². The van der Waals surface area contributed by atoms with Gasteiger partial charge in [-0.05, 0) is 67.4 Å². The third-order valence-electron chi connectivity index (χ3n) is 6.20. The Balaban J connectivity index is 1.62. The van der Waals surface area contributed by atoms with E-state index in [-0.39, 0.29) is 18.5 Å². The minimum Gasteiger partial charge on any atom is -0.497 e. The SMILES string of the molecule is CCCCN(CC(=O)Nc1c(-c2ccccc2)c(C)nn1-c1ccc(OC)cc1)C(=O)Nc1ccc(Cl)cc1. The fourth-order valence-corrected chi connectivity index (χ4v) is 4.31. The van der Waals surface area contributed by atoms with Crippen molar-refractivity contribution in [2.24, 2.45) is 0 Å². The molecule has 0 unspecified atom stereocenters. The monoisotopic (exact) mass is 545 g/mol. The summed E-state index contributed by atoms with van der Waals surface area (Å²) in [5.41, 5.74) is 3.86. The molecule has 3 amide bonds. The molecule has 2 N–H and O–H groups in total. The molecule has 0 radical (unpaired) electrons. The molecule has 0 aliphatic rings. The number of urea groups is 1. The van der Waals surface area contributed by atoms with E-state index in [4.69, 9.17) is 21.4 Å². The van der Waals surface area contributed by atoms with E-state index >= 15 is 0 Å². The number of carbonyl (C=O) groups excluding carboxylic acids is 2. The number of carbonyl (C=O) groups is 2. The van der Waals surface area contributed by atoms with Gasteiger partial charge in [-0.15, -0.1) is 0 Å². The maximum Gasteiger partial charge on any atom is 0.322 e. The molecule has 0 atom stereocenters. The number of benzene rings is 3. The number of nitrogens with zero attached hydrogens (tertiary/aromatic N) is 3. The molecule has 0 bridgehead atoms. The molecule has 4 aromatic rings. The molecular weight excluding hydrogens is 514 g/mol. The third-order valence-corrected chi connectivity index (χ3v) is 6.45. The van der Waals surface area contributed by atoms with Gasteiger partial charge in [-0.3, -0.25) is 4.79 Å². The highest BCUT2D eigenvalue weighted by atomic mass is 35.5. The lowest BCUT2D eigenvalue weighted by molar-refractivity contribution is -0.116. The Hall–Kier alpha value is -4.30. The lowest BCUT2D eigenvalue weighted by Crippen LogP contribution is -2.41. The minimum atomic E-state index is -0.357. The molecule has 0 saturated carbocycles. The summed E-state index contributed by atoms with van der Waals surface area (Å²) < 4.78 is 7.00. The van der Waals surface area contributed by atoms with E-state index in [0.29, 0.717) is 23.1 Å². The predicted octanol–water partition coefficient (Wildman–Crippen LogP) is 6.78. The number of unbranched alkanes of at least 4 members (excludes halogenated alkanes) is 1. The second-order valence-corrected chi connectivity index (χ2v) is 9.48. The Bertz CT molecular complexity index is 1400. The highest BCUT2D eigenvalue weighted by Crippen LogP contribution is 2.33. The van der Waals surface area contributed by atoms with Gasteiger partial charge in [0.2, 0.25) is 5.91 Å². The highest BCUT2D eigenvalue weighted by Gasteiger charge is 2.23. The van der Waals surface area contributed by atoms with Crippen molar-refractivity contribution in [1.82, 2.24) is 14.7 Å². The van der Waals surface area contributed by atoms with Crippen molar-refractivity contribution in [1.29, 1.82) is 0 Å². The number of amides is 3. The summed E-state index contributed by atoms with van der Waals surface area (Å²) in [6, 6.07) is 23.7. The van der Waals surface area contributed by atoms with E-state index in [1.54, 1.807) is 36.1 Å². The van der Waals surface area contributed by atoms with Crippen molar-refractivity contribution in [2.45, 2.75) is 26.7 Å². The van der Waals surface area contributed by atoms with Gasteiger partial charge in [0.15, 0.2) is 0 Å². The number of rotatable bonds is 10. The van der Waals surface area contributed by atoms with E-state index in [1.165, 1.54) is 4.90 Å². The van der Waals surface area contributed by atoms with Crippen LogP contribution in [-0.4, -0.2) is 46.8 Å². The Morgan fingerprint density at radius 1 is 0.974 bits per heavy atom.